The van der Waals surface area contributed by atoms with Crippen molar-refractivity contribution in [2.75, 3.05) is 10.6 Å². The molecule has 2 N–H and O–H groups in total. The number of nitrogens with zero attached hydrogens (tertiary/aromatic N) is 3. The fourth-order valence-electron chi connectivity index (χ4n) is 4.47. The van der Waals surface area contributed by atoms with Gasteiger partial charge in [-0.1, -0.05) is 12.1 Å². The molecule has 0 atom stereocenters. The van der Waals surface area contributed by atoms with Crippen molar-refractivity contribution in [2.45, 2.75) is 51.4 Å². The Morgan fingerprint density at radius 1 is 1.17 bits per heavy atom. The lowest BCUT2D eigenvalue weighted by molar-refractivity contribution is -0.121. The van der Waals surface area contributed by atoms with Crippen molar-refractivity contribution < 1.29 is 9.59 Å². The first-order valence-corrected chi connectivity index (χ1v) is 10.5. The van der Waals surface area contributed by atoms with Gasteiger partial charge in [0.05, 0.1) is 5.41 Å². The molecule has 1 amide bonds. The summed E-state index contributed by atoms with van der Waals surface area (Å²) in [6, 6.07) is 11.9. The first kappa shape index (κ1) is 18.8. The van der Waals surface area contributed by atoms with E-state index in [0.29, 0.717) is 30.5 Å². The van der Waals surface area contributed by atoms with Crippen LogP contribution in [0.1, 0.15) is 50.8 Å². The summed E-state index contributed by atoms with van der Waals surface area (Å²) in [5.74, 6) is 1.42. The molecule has 1 aromatic carbocycles. The molecule has 0 bridgehead atoms. The van der Waals surface area contributed by atoms with Crippen LogP contribution in [-0.2, 0) is 21.4 Å². The van der Waals surface area contributed by atoms with Crippen molar-refractivity contribution in [1.82, 2.24) is 14.6 Å². The summed E-state index contributed by atoms with van der Waals surface area (Å²) in [6.07, 6.45) is 4.18. The number of Topliss-reactive ketones (excluding diaryl/α,β-unsaturated/α-hetero) is 1. The number of hydrogen-bond donors (Lipinski definition) is 2. The van der Waals surface area contributed by atoms with E-state index in [2.05, 4.69) is 26.8 Å². The molecule has 0 unspecified atom stereocenters. The van der Waals surface area contributed by atoms with E-state index < -0.39 is 5.41 Å². The minimum absolute atomic E-state index is 0.00885. The zero-order valence-electron chi connectivity index (χ0n) is 17.2. The molecule has 154 valence electrons. The van der Waals surface area contributed by atoms with Crippen molar-refractivity contribution >= 4 is 34.7 Å². The highest BCUT2D eigenvalue weighted by Gasteiger charge is 2.38. The monoisotopic (exact) mass is 403 g/mol. The summed E-state index contributed by atoms with van der Waals surface area (Å²) in [4.78, 5) is 28.3. The topological polar surface area (TPSA) is 88.4 Å². The first-order chi connectivity index (χ1) is 14.4. The first-order valence-electron chi connectivity index (χ1n) is 10.5. The maximum atomic E-state index is 12.2. The van der Waals surface area contributed by atoms with E-state index in [-0.39, 0.29) is 5.91 Å². The van der Waals surface area contributed by atoms with E-state index in [4.69, 9.17) is 0 Å². The smallest absolute Gasteiger partial charge is 0.247 e. The van der Waals surface area contributed by atoms with Gasteiger partial charge in [0.25, 0.3) is 0 Å². The average molecular weight is 403 g/mol. The number of aromatic nitrogens is 3. The highest BCUT2D eigenvalue weighted by atomic mass is 16.2. The summed E-state index contributed by atoms with van der Waals surface area (Å²) in [7, 11) is 0. The molecule has 0 radical (unpaired) electrons. The number of fused-ring (bicyclic) bond motifs is 2. The van der Waals surface area contributed by atoms with Gasteiger partial charge in [-0.2, -0.15) is 4.98 Å². The van der Waals surface area contributed by atoms with Crippen LogP contribution in [-0.4, -0.2) is 26.3 Å². The van der Waals surface area contributed by atoms with Crippen molar-refractivity contribution in [3.8, 4) is 0 Å². The molecule has 7 nitrogen and oxygen atoms in total. The Kier molecular flexibility index (Phi) is 4.34. The Labute approximate surface area is 174 Å². The van der Waals surface area contributed by atoms with Crippen molar-refractivity contribution in [3.05, 3.63) is 47.7 Å². The van der Waals surface area contributed by atoms with Gasteiger partial charge < -0.3 is 10.6 Å². The molecule has 0 saturated heterocycles. The zero-order chi connectivity index (χ0) is 20.9. The van der Waals surface area contributed by atoms with Crippen LogP contribution in [0.2, 0.25) is 0 Å². The molecular weight excluding hydrogens is 378 g/mol. The second kappa shape index (κ2) is 6.93. The largest absolute Gasteiger partial charge is 0.325 e. The van der Waals surface area contributed by atoms with E-state index in [1.807, 2.05) is 48.7 Å². The lowest BCUT2D eigenvalue weighted by Crippen LogP contribution is -2.26. The van der Waals surface area contributed by atoms with Gasteiger partial charge in [-0.05, 0) is 68.9 Å². The van der Waals surface area contributed by atoms with Crippen LogP contribution in [0.5, 0.6) is 0 Å². The van der Waals surface area contributed by atoms with Gasteiger partial charge in [-0.15, -0.1) is 5.10 Å². The van der Waals surface area contributed by atoms with Gasteiger partial charge in [0.15, 0.2) is 5.65 Å². The van der Waals surface area contributed by atoms with E-state index in [1.54, 1.807) is 0 Å². The van der Waals surface area contributed by atoms with E-state index in [0.717, 1.165) is 47.5 Å². The van der Waals surface area contributed by atoms with Crippen LogP contribution in [0.4, 0.5) is 17.3 Å². The molecule has 5 rings (SSSR count). The highest BCUT2D eigenvalue weighted by molar-refractivity contribution is 6.06. The number of pyridine rings is 1. The Morgan fingerprint density at radius 3 is 2.77 bits per heavy atom. The van der Waals surface area contributed by atoms with Gasteiger partial charge in [0.2, 0.25) is 11.9 Å². The van der Waals surface area contributed by atoms with Crippen LogP contribution >= 0.6 is 0 Å². The molecule has 0 spiro atoms. The summed E-state index contributed by atoms with van der Waals surface area (Å²) < 4.78 is 1.89. The number of carbonyl (C=O) groups excluding carboxylic acids is 2. The Morgan fingerprint density at radius 2 is 1.97 bits per heavy atom. The number of carbonyl (C=O) groups is 2. The molecule has 1 aliphatic heterocycles. The number of ketones is 1. The van der Waals surface area contributed by atoms with Crippen LogP contribution < -0.4 is 10.6 Å². The molecule has 3 aromatic rings. The van der Waals surface area contributed by atoms with Crippen molar-refractivity contribution in [1.29, 1.82) is 0 Å². The summed E-state index contributed by atoms with van der Waals surface area (Å²) in [5, 5.41) is 10.9. The normalized spacial score (nSPS) is 18.5. The van der Waals surface area contributed by atoms with Gasteiger partial charge in [-0.25, -0.2) is 4.52 Å². The standard InChI is InChI=1S/C23H25N5O2/c1-23(2)18-11-8-15(13-19(18)25-21(23)30)24-22-26-20-5-3-4-16(28(20)27-22)12-14-6-9-17(29)10-7-14/h3-5,8,11,13-14H,6-7,9-10,12H2,1-2H3,(H,24,27)(H,25,30). The van der Waals surface area contributed by atoms with Crippen LogP contribution in [0.15, 0.2) is 36.4 Å². The van der Waals surface area contributed by atoms with E-state index >= 15 is 0 Å². The number of nitrogens with one attached hydrogen (secondary N) is 2. The minimum Gasteiger partial charge on any atom is -0.325 e. The highest BCUT2D eigenvalue weighted by Crippen LogP contribution is 2.39. The maximum Gasteiger partial charge on any atom is 0.247 e. The van der Waals surface area contributed by atoms with Gasteiger partial charge in [-0.3, -0.25) is 9.59 Å². The van der Waals surface area contributed by atoms with Gasteiger partial charge in [0, 0.05) is 29.9 Å². The van der Waals surface area contributed by atoms with Crippen LogP contribution in [0.3, 0.4) is 0 Å². The van der Waals surface area contributed by atoms with E-state index in [9.17, 15) is 9.59 Å². The van der Waals surface area contributed by atoms with Gasteiger partial charge in [0.1, 0.15) is 5.78 Å². The van der Waals surface area contributed by atoms with Gasteiger partial charge >= 0.3 is 0 Å². The predicted molar refractivity (Wildman–Crippen MR) is 115 cm³/mol. The zero-order valence-corrected chi connectivity index (χ0v) is 17.2. The summed E-state index contributed by atoms with van der Waals surface area (Å²) in [6.45, 7) is 3.85. The molecule has 2 aromatic heterocycles. The third kappa shape index (κ3) is 3.24. The van der Waals surface area contributed by atoms with E-state index in [1.165, 1.54) is 0 Å². The Balaban J connectivity index is 1.38. The molecular formula is C23H25N5O2. The number of amides is 1. The molecule has 7 heteroatoms. The lowest BCUT2D eigenvalue weighted by atomic mass is 9.85. The molecule has 2 aliphatic rings. The van der Waals surface area contributed by atoms with Crippen LogP contribution in [0, 0.1) is 5.92 Å². The third-order valence-electron chi connectivity index (χ3n) is 6.36. The fourth-order valence-corrected chi connectivity index (χ4v) is 4.47. The maximum absolute atomic E-state index is 12.2. The number of hydrogen-bond acceptors (Lipinski definition) is 5. The van der Waals surface area contributed by atoms with Crippen molar-refractivity contribution in [2.24, 2.45) is 5.92 Å². The summed E-state index contributed by atoms with van der Waals surface area (Å²) in [5.41, 5.74) is 4.02. The third-order valence-corrected chi connectivity index (χ3v) is 6.36. The number of benzene rings is 1. The summed E-state index contributed by atoms with van der Waals surface area (Å²) >= 11 is 0. The molecule has 1 aliphatic carbocycles. The minimum atomic E-state index is -0.520. The number of anilines is 3. The fraction of sp³-hybridized carbons (Fsp3) is 0.391. The molecule has 1 saturated carbocycles. The second-order valence-corrected chi connectivity index (χ2v) is 8.87. The number of rotatable bonds is 4. The van der Waals surface area contributed by atoms with Crippen LogP contribution in [0.25, 0.3) is 5.65 Å². The quantitative estimate of drug-likeness (QED) is 0.687. The Hall–Kier alpha value is -3.22. The average Bonchev–Trinajstić information content (AvgIpc) is 3.22. The van der Waals surface area contributed by atoms with Crippen molar-refractivity contribution in [3.63, 3.8) is 0 Å². The molecule has 3 heterocycles. The second-order valence-electron chi connectivity index (χ2n) is 8.87. The Bertz CT molecular complexity index is 1150. The SMILES string of the molecule is CC1(C)C(=O)Nc2cc(Nc3nc4cccc(CC5CCC(=O)CC5)n4n3)ccc21. The lowest BCUT2D eigenvalue weighted by Gasteiger charge is -2.20. The predicted octanol–water partition coefficient (Wildman–Crippen LogP) is 4.00. The molecule has 1 fully saturated rings. The molecule has 30 heavy (non-hydrogen) atoms.